The van der Waals surface area contributed by atoms with Crippen molar-refractivity contribution >= 4 is 11.9 Å². The Labute approximate surface area is 88.1 Å². The Balaban J connectivity index is 2.09. The normalized spacial score (nSPS) is 20.2. The van der Waals surface area contributed by atoms with E-state index in [1.165, 1.54) is 23.1 Å². The topological polar surface area (TPSA) is 38.8 Å². The molecular formula is C10H12N3S-. The number of rotatable bonds is 3. The monoisotopic (exact) mass is 206 g/mol. The van der Waals surface area contributed by atoms with Crippen LogP contribution in [0.2, 0.25) is 0 Å². The first-order valence-electron chi connectivity index (χ1n) is 4.56. The van der Waals surface area contributed by atoms with Crippen LogP contribution in [-0.4, -0.2) is 12.8 Å². The standard InChI is InChI=1S/C10H12N3S/c1-11-6-8-2-4-9(5-3-8)10-7-14-13-12-10/h2-5,10H,6-7H2,1H3/q-1. The van der Waals surface area contributed by atoms with Crippen LogP contribution in [0.5, 0.6) is 0 Å². The fraction of sp³-hybridized carbons (Fsp3) is 0.400. The molecule has 1 aliphatic heterocycles. The molecule has 0 saturated carbocycles. The van der Waals surface area contributed by atoms with Gasteiger partial charge in [-0.2, -0.15) is 12.2 Å². The molecule has 0 saturated heterocycles. The van der Waals surface area contributed by atoms with Gasteiger partial charge < -0.3 is 5.32 Å². The van der Waals surface area contributed by atoms with Crippen molar-refractivity contribution in [2.75, 3.05) is 12.8 Å². The van der Waals surface area contributed by atoms with Gasteiger partial charge in [-0.15, -0.1) is 11.1 Å². The zero-order valence-corrected chi connectivity index (χ0v) is 8.87. The summed E-state index contributed by atoms with van der Waals surface area (Å²) in [6.45, 7) is 0.793. The van der Waals surface area contributed by atoms with Gasteiger partial charge in [0.1, 0.15) is 6.04 Å². The van der Waals surface area contributed by atoms with Gasteiger partial charge in [0, 0.05) is 5.75 Å². The molecule has 1 aliphatic rings. The summed E-state index contributed by atoms with van der Waals surface area (Å²) >= 11 is 1.53. The lowest BCUT2D eigenvalue weighted by Crippen LogP contribution is -1.94. The van der Waals surface area contributed by atoms with E-state index in [2.05, 4.69) is 39.2 Å². The third-order valence-corrected chi connectivity index (χ3v) is 2.86. The summed E-state index contributed by atoms with van der Waals surface area (Å²) < 4.78 is 3.92. The molecule has 1 aromatic carbocycles. The van der Waals surface area contributed by atoms with Crippen LogP contribution < -0.4 is 0 Å². The van der Waals surface area contributed by atoms with Crippen LogP contribution in [0.25, 0.3) is 5.32 Å². The maximum absolute atomic E-state index is 4.15. The molecule has 1 atom stereocenters. The lowest BCUT2D eigenvalue weighted by molar-refractivity contribution is 0.815. The van der Waals surface area contributed by atoms with Gasteiger partial charge in [-0.1, -0.05) is 29.8 Å². The average molecular weight is 206 g/mol. The molecule has 0 bridgehead atoms. The van der Waals surface area contributed by atoms with Crippen molar-refractivity contribution < 1.29 is 0 Å². The molecule has 0 fully saturated rings. The third-order valence-electron chi connectivity index (χ3n) is 2.18. The molecule has 0 spiro atoms. The highest BCUT2D eigenvalue weighted by atomic mass is 32.2. The minimum Gasteiger partial charge on any atom is -0.661 e. The molecule has 74 valence electrons. The quantitative estimate of drug-likeness (QED) is 0.699. The van der Waals surface area contributed by atoms with E-state index < -0.39 is 0 Å². The molecule has 1 unspecified atom stereocenters. The molecule has 0 radical (unpaired) electrons. The summed E-state index contributed by atoms with van der Waals surface area (Å²) in [6.07, 6.45) is 0. The maximum atomic E-state index is 4.15. The van der Waals surface area contributed by atoms with Crippen molar-refractivity contribution in [1.82, 2.24) is 0 Å². The van der Waals surface area contributed by atoms with Crippen LogP contribution in [0.4, 0.5) is 0 Å². The fourth-order valence-corrected chi connectivity index (χ4v) is 2.07. The Morgan fingerprint density at radius 1 is 1.43 bits per heavy atom. The summed E-state index contributed by atoms with van der Waals surface area (Å²) in [4.78, 5) is 0. The Kier molecular flexibility index (Phi) is 3.16. The first-order valence-corrected chi connectivity index (χ1v) is 5.51. The highest BCUT2D eigenvalue weighted by Gasteiger charge is 2.14. The molecule has 0 aromatic heterocycles. The third kappa shape index (κ3) is 2.13. The summed E-state index contributed by atoms with van der Waals surface area (Å²) in [6, 6.07) is 8.72. The molecule has 0 amide bonds. The van der Waals surface area contributed by atoms with Crippen molar-refractivity contribution in [1.29, 1.82) is 0 Å². The van der Waals surface area contributed by atoms with Gasteiger partial charge in [0.25, 0.3) is 0 Å². The van der Waals surface area contributed by atoms with Crippen LogP contribution in [0, 0.1) is 0 Å². The molecule has 0 N–H and O–H groups in total. The lowest BCUT2D eigenvalue weighted by atomic mass is 10.1. The Bertz CT molecular complexity index is 321. The Morgan fingerprint density at radius 2 is 2.21 bits per heavy atom. The Hall–Kier alpha value is -0.870. The SMILES string of the molecule is C[N-]Cc1ccc(C2CSN=N2)cc1. The number of hydrogen-bond donors (Lipinski definition) is 0. The average Bonchev–Trinajstić information content (AvgIpc) is 2.72. The van der Waals surface area contributed by atoms with E-state index in [0.29, 0.717) is 0 Å². The van der Waals surface area contributed by atoms with E-state index in [1.807, 2.05) is 7.05 Å². The largest absolute Gasteiger partial charge is 0.661 e. The number of benzene rings is 1. The number of nitrogens with zero attached hydrogens (tertiary/aromatic N) is 3. The minimum atomic E-state index is 0.257. The van der Waals surface area contributed by atoms with E-state index in [0.717, 1.165) is 12.3 Å². The predicted molar refractivity (Wildman–Crippen MR) is 59.5 cm³/mol. The zero-order valence-electron chi connectivity index (χ0n) is 8.05. The zero-order chi connectivity index (χ0) is 9.80. The number of hydrogen-bond acceptors (Lipinski definition) is 3. The van der Waals surface area contributed by atoms with E-state index in [1.54, 1.807) is 0 Å². The van der Waals surface area contributed by atoms with Gasteiger partial charge in [-0.3, -0.25) is 0 Å². The summed E-state index contributed by atoms with van der Waals surface area (Å²) in [7, 11) is 1.83. The van der Waals surface area contributed by atoms with Crippen molar-refractivity contribution in [3.05, 3.63) is 40.7 Å². The van der Waals surface area contributed by atoms with Gasteiger partial charge >= 0.3 is 0 Å². The van der Waals surface area contributed by atoms with E-state index in [9.17, 15) is 0 Å². The molecule has 3 nitrogen and oxygen atoms in total. The molecule has 4 heteroatoms. The van der Waals surface area contributed by atoms with Crippen molar-refractivity contribution in [2.24, 2.45) is 9.63 Å². The molecule has 1 aromatic rings. The van der Waals surface area contributed by atoms with Gasteiger partial charge in [-0.05, 0) is 17.5 Å². The van der Waals surface area contributed by atoms with Gasteiger partial charge in [0.2, 0.25) is 0 Å². The summed E-state index contributed by atoms with van der Waals surface area (Å²) in [5.74, 6) is 0.970. The van der Waals surface area contributed by atoms with E-state index in [-0.39, 0.29) is 6.04 Å². The predicted octanol–water partition coefficient (Wildman–Crippen LogP) is 3.35. The maximum Gasteiger partial charge on any atom is 0.108 e. The smallest absolute Gasteiger partial charge is 0.108 e. The van der Waals surface area contributed by atoms with Crippen LogP contribution in [0.15, 0.2) is 33.9 Å². The highest BCUT2D eigenvalue weighted by Crippen LogP contribution is 2.30. The van der Waals surface area contributed by atoms with E-state index >= 15 is 0 Å². The van der Waals surface area contributed by atoms with Crippen molar-refractivity contribution in [2.45, 2.75) is 12.6 Å². The van der Waals surface area contributed by atoms with Crippen molar-refractivity contribution in [3.8, 4) is 0 Å². The first kappa shape index (κ1) is 9.68. The lowest BCUT2D eigenvalue weighted by Gasteiger charge is -2.12. The second-order valence-corrected chi connectivity index (χ2v) is 3.98. The van der Waals surface area contributed by atoms with Crippen molar-refractivity contribution in [3.63, 3.8) is 0 Å². The fourth-order valence-electron chi connectivity index (χ4n) is 1.42. The minimum absolute atomic E-state index is 0.257. The van der Waals surface area contributed by atoms with Gasteiger partial charge in [-0.25, -0.2) is 0 Å². The van der Waals surface area contributed by atoms with Gasteiger partial charge in [0.15, 0.2) is 0 Å². The second kappa shape index (κ2) is 4.57. The molecule has 2 rings (SSSR count). The van der Waals surface area contributed by atoms with Crippen LogP contribution >= 0.6 is 11.9 Å². The Morgan fingerprint density at radius 3 is 2.79 bits per heavy atom. The highest BCUT2D eigenvalue weighted by molar-refractivity contribution is 7.98. The molecular weight excluding hydrogens is 194 g/mol. The van der Waals surface area contributed by atoms with Gasteiger partial charge in [0.05, 0.1) is 0 Å². The van der Waals surface area contributed by atoms with Crippen LogP contribution in [0.1, 0.15) is 17.2 Å². The summed E-state index contributed by atoms with van der Waals surface area (Å²) in [5.41, 5.74) is 2.50. The van der Waals surface area contributed by atoms with Crippen LogP contribution in [-0.2, 0) is 6.54 Å². The molecule has 0 aliphatic carbocycles. The second-order valence-electron chi connectivity index (χ2n) is 3.22. The van der Waals surface area contributed by atoms with Crippen LogP contribution in [0.3, 0.4) is 0 Å². The summed E-state index contributed by atoms with van der Waals surface area (Å²) in [5, 5.41) is 8.23. The molecule has 14 heavy (non-hydrogen) atoms. The first-order chi connectivity index (χ1) is 6.90. The molecule has 1 heterocycles. The van der Waals surface area contributed by atoms with E-state index in [4.69, 9.17) is 0 Å².